The average molecular weight is 362 g/mol. The molecule has 25 heavy (non-hydrogen) atoms. The second-order valence-electron chi connectivity index (χ2n) is 7.31. The van der Waals surface area contributed by atoms with E-state index in [0.29, 0.717) is 24.8 Å². The molecule has 1 aromatic rings. The third kappa shape index (κ3) is 5.50. The monoisotopic (exact) mass is 361 g/mol. The van der Waals surface area contributed by atoms with Gasteiger partial charge in [0.1, 0.15) is 0 Å². The highest BCUT2D eigenvalue weighted by Crippen LogP contribution is 2.49. The highest BCUT2D eigenvalue weighted by Gasteiger charge is 2.40. The van der Waals surface area contributed by atoms with Crippen LogP contribution >= 0.6 is 11.8 Å². The molecule has 2 saturated carbocycles. The van der Waals surface area contributed by atoms with Crippen molar-refractivity contribution in [2.75, 3.05) is 18.9 Å². The Labute approximate surface area is 154 Å². The van der Waals surface area contributed by atoms with Crippen molar-refractivity contribution in [3.05, 3.63) is 29.8 Å². The molecule has 0 radical (unpaired) electrons. The number of esters is 1. The van der Waals surface area contributed by atoms with Gasteiger partial charge in [-0.3, -0.25) is 9.59 Å². The van der Waals surface area contributed by atoms with Crippen molar-refractivity contribution in [1.82, 2.24) is 5.32 Å². The van der Waals surface area contributed by atoms with Gasteiger partial charge in [0, 0.05) is 23.6 Å². The maximum absolute atomic E-state index is 11.9. The lowest BCUT2D eigenvalue weighted by atomic mass is 9.86. The molecule has 2 aliphatic rings. The molecule has 1 N–H and O–H groups in total. The van der Waals surface area contributed by atoms with Crippen LogP contribution in [0.15, 0.2) is 29.2 Å². The Hall–Kier alpha value is -1.49. The van der Waals surface area contributed by atoms with E-state index in [1.807, 2.05) is 0 Å². The van der Waals surface area contributed by atoms with E-state index in [0.717, 1.165) is 11.7 Å². The molecular weight excluding hydrogens is 334 g/mol. The van der Waals surface area contributed by atoms with Gasteiger partial charge in [-0.25, -0.2) is 0 Å². The average Bonchev–Trinajstić information content (AvgIpc) is 3.21. The summed E-state index contributed by atoms with van der Waals surface area (Å²) in [5.74, 6) is 2.39. The van der Waals surface area contributed by atoms with E-state index < -0.39 is 0 Å². The largest absolute Gasteiger partial charge is 0.456 e. The van der Waals surface area contributed by atoms with Crippen LogP contribution in [0.25, 0.3) is 0 Å². The second kappa shape index (κ2) is 8.75. The molecule has 1 amide bonds. The SMILES string of the molecule is Cc1ccc(SCCNC(=O)COC(=O)C[C@@H]2C[C@@H]3CC[C@@H]2C3)cc1. The molecule has 0 unspecified atom stereocenters. The maximum atomic E-state index is 11.9. The summed E-state index contributed by atoms with van der Waals surface area (Å²) >= 11 is 1.70. The van der Waals surface area contributed by atoms with E-state index >= 15 is 0 Å². The van der Waals surface area contributed by atoms with E-state index in [4.69, 9.17) is 4.74 Å². The number of benzene rings is 1. The summed E-state index contributed by atoms with van der Waals surface area (Å²) in [5.41, 5.74) is 1.24. The van der Waals surface area contributed by atoms with Crippen LogP contribution in [0.5, 0.6) is 0 Å². The van der Waals surface area contributed by atoms with Crippen molar-refractivity contribution in [1.29, 1.82) is 0 Å². The molecule has 136 valence electrons. The predicted molar refractivity (Wildman–Crippen MR) is 99.4 cm³/mol. The molecule has 4 nitrogen and oxygen atoms in total. The molecular formula is C20H27NO3S. The molecule has 0 aromatic heterocycles. The number of ether oxygens (including phenoxy) is 1. The molecule has 0 heterocycles. The summed E-state index contributed by atoms with van der Waals surface area (Å²) in [6, 6.07) is 8.33. The van der Waals surface area contributed by atoms with Crippen LogP contribution < -0.4 is 5.32 Å². The molecule has 1 aromatic carbocycles. The number of carbonyl (C=O) groups is 2. The number of aryl methyl sites for hydroxylation is 1. The molecule has 5 heteroatoms. The first-order valence-electron chi connectivity index (χ1n) is 9.22. The Kier molecular flexibility index (Phi) is 6.40. The van der Waals surface area contributed by atoms with Gasteiger partial charge in [-0.2, -0.15) is 0 Å². The Morgan fingerprint density at radius 3 is 2.68 bits per heavy atom. The van der Waals surface area contributed by atoms with Crippen LogP contribution in [0.2, 0.25) is 0 Å². The first kappa shape index (κ1) is 18.3. The van der Waals surface area contributed by atoms with Crippen molar-refractivity contribution in [3.63, 3.8) is 0 Å². The number of nitrogens with one attached hydrogen (secondary N) is 1. The summed E-state index contributed by atoms with van der Waals surface area (Å²) in [6.45, 7) is 2.48. The fraction of sp³-hybridized carbons (Fsp3) is 0.600. The Morgan fingerprint density at radius 2 is 2.00 bits per heavy atom. The van der Waals surface area contributed by atoms with Crippen LogP contribution in [-0.4, -0.2) is 30.8 Å². The van der Waals surface area contributed by atoms with E-state index in [-0.39, 0.29) is 18.5 Å². The normalized spacial score (nSPS) is 24.3. The lowest BCUT2D eigenvalue weighted by Gasteiger charge is -2.20. The van der Waals surface area contributed by atoms with Crippen LogP contribution in [-0.2, 0) is 14.3 Å². The van der Waals surface area contributed by atoms with Crippen LogP contribution in [0, 0.1) is 24.7 Å². The van der Waals surface area contributed by atoms with E-state index in [2.05, 4.69) is 36.5 Å². The number of rotatable bonds is 8. The summed E-state index contributed by atoms with van der Waals surface area (Å²) in [5, 5.41) is 2.80. The van der Waals surface area contributed by atoms with Gasteiger partial charge in [-0.15, -0.1) is 11.8 Å². The molecule has 0 aliphatic heterocycles. The number of hydrogen-bond donors (Lipinski definition) is 1. The van der Waals surface area contributed by atoms with Gasteiger partial charge in [0.05, 0.1) is 0 Å². The zero-order chi connectivity index (χ0) is 17.6. The first-order chi connectivity index (χ1) is 12.1. The van der Waals surface area contributed by atoms with Crippen molar-refractivity contribution < 1.29 is 14.3 Å². The minimum atomic E-state index is -0.221. The number of thioether (sulfide) groups is 1. The van der Waals surface area contributed by atoms with Crippen molar-refractivity contribution in [3.8, 4) is 0 Å². The minimum absolute atomic E-state index is 0.158. The Morgan fingerprint density at radius 1 is 1.20 bits per heavy atom. The third-order valence-electron chi connectivity index (χ3n) is 5.39. The van der Waals surface area contributed by atoms with Crippen LogP contribution in [0.1, 0.15) is 37.7 Å². The zero-order valence-electron chi connectivity index (χ0n) is 14.8. The standard InChI is InChI=1S/C20H27NO3S/c1-14-2-6-18(7-3-14)25-9-8-21-19(22)13-24-20(23)12-17-11-15-4-5-16(17)10-15/h2-3,6-7,15-17H,4-5,8-13H2,1H3,(H,21,22)/t15-,16-,17+/m1/s1. The zero-order valence-corrected chi connectivity index (χ0v) is 15.6. The molecule has 3 atom stereocenters. The quantitative estimate of drug-likeness (QED) is 0.437. The number of fused-ring (bicyclic) bond motifs is 2. The van der Waals surface area contributed by atoms with Crippen LogP contribution in [0.4, 0.5) is 0 Å². The van der Waals surface area contributed by atoms with E-state index in [1.165, 1.54) is 36.1 Å². The first-order valence-corrected chi connectivity index (χ1v) is 10.2. The van der Waals surface area contributed by atoms with Gasteiger partial charge in [0.2, 0.25) is 0 Å². The highest BCUT2D eigenvalue weighted by molar-refractivity contribution is 7.99. The second-order valence-corrected chi connectivity index (χ2v) is 8.48. The summed E-state index contributed by atoms with van der Waals surface area (Å²) in [7, 11) is 0. The molecule has 0 saturated heterocycles. The van der Waals surface area contributed by atoms with Gasteiger partial charge in [-0.05, 0) is 56.1 Å². The van der Waals surface area contributed by atoms with Crippen LogP contribution in [0.3, 0.4) is 0 Å². The smallest absolute Gasteiger partial charge is 0.306 e. The molecule has 2 fully saturated rings. The lowest BCUT2D eigenvalue weighted by molar-refractivity contribution is -0.149. The Balaban J connectivity index is 1.25. The third-order valence-corrected chi connectivity index (χ3v) is 6.41. The molecule has 0 spiro atoms. The fourth-order valence-corrected chi connectivity index (χ4v) is 4.86. The molecule has 2 aliphatic carbocycles. The molecule has 2 bridgehead atoms. The van der Waals surface area contributed by atoms with Gasteiger partial charge < -0.3 is 10.1 Å². The number of carbonyl (C=O) groups excluding carboxylic acids is 2. The van der Waals surface area contributed by atoms with E-state index in [1.54, 1.807) is 11.8 Å². The van der Waals surface area contributed by atoms with Crippen molar-refractivity contribution in [2.24, 2.45) is 17.8 Å². The van der Waals surface area contributed by atoms with Gasteiger partial charge in [0.15, 0.2) is 6.61 Å². The number of hydrogen-bond acceptors (Lipinski definition) is 4. The molecule has 3 rings (SSSR count). The lowest BCUT2D eigenvalue weighted by Crippen LogP contribution is -2.31. The maximum Gasteiger partial charge on any atom is 0.306 e. The Bertz CT molecular complexity index is 601. The summed E-state index contributed by atoms with van der Waals surface area (Å²) < 4.78 is 5.14. The fourth-order valence-electron chi connectivity index (χ4n) is 4.09. The summed E-state index contributed by atoms with van der Waals surface area (Å²) in [6.07, 6.45) is 5.54. The van der Waals surface area contributed by atoms with Gasteiger partial charge in [-0.1, -0.05) is 24.1 Å². The van der Waals surface area contributed by atoms with Crippen molar-refractivity contribution >= 4 is 23.6 Å². The van der Waals surface area contributed by atoms with E-state index in [9.17, 15) is 9.59 Å². The predicted octanol–water partition coefficient (Wildman–Crippen LogP) is 3.57. The van der Waals surface area contributed by atoms with Crippen molar-refractivity contribution in [2.45, 2.75) is 43.9 Å². The summed E-state index contributed by atoms with van der Waals surface area (Å²) in [4.78, 5) is 24.9. The minimum Gasteiger partial charge on any atom is -0.456 e. The highest BCUT2D eigenvalue weighted by atomic mass is 32.2. The topological polar surface area (TPSA) is 55.4 Å². The van der Waals surface area contributed by atoms with Gasteiger partial charge >= 0.3 is 5.97 Å². The van der Waals surface area contributed by atoms with Gasteiger partial charge in [0.25, 0.3) is 5.91 Å². The number of amides is 1.